The van der Waals surface area contributed by atoms with Gasteiger partial charge in [0.15, 0.2) is 0 Å². The van der Waals surface area contributed by atoms with Crippen LogP contribution in [0.25, 0.3) is 0 Å². The molecule has 3 aliphatic heterocycles. The lowest BCUT2D eigenvalue weighted by molar-refractivity contribution is -0.142. The van der Waals surface area contributed by atoms with Crippen LogP contribution >= 0.6 is 0 Å². The lowest BCUT2D eigenvalue weighted by Gasteiger charge is -2.36. The van der Waals surface area contributed by atoms with Gasteiger partial charge < -0.3 is 19.6 Å². The fourth-order valence-electron chi connectivity index (χ4n) is 9.28. The molecule has 1 aliphatic carbocycles. The maximum atomic E-state index is 14.9. The Morgan fingerprint density at radius 2 is 1.63 bits per heavy atom. The first-order chi connectivity index (χ1) is 23.3. The second-order valence-corrected chi connectivity index (χ2v) is 15.4. The molecule has 7 nitrogen and oxygen atoms in total. The Hall–Kier alpha value is -3.27. The molecule has 0 spiro atoms. The summed E-state index contributed by atoms with van der Waals surface area (Å²) in [7, 11) is 1.65. The number of aliphatic carboxylic acids is 1. The molecule has 268 valence electrons. The van der Waals surface area contributed by atoms with E-state index in [4.69, 9.17) is 4.74 Å². The van der Waals surface area contributed by atoms with Crippen molar-refractivity contribution in [2.45, 2.75) is 89.8 Å². The van der Waals surface area contributed by atoms with Gasteiger partial charge in [-0.1, -0.05) is 38.5 Å². The number of hydrogen-bond donors (Lipinski definition) is 1. The molecule has 4 atom stereocenters. The van der Waals surface area contributed by atoms with E-state index in [0.29, 0.717) is 57.3 Å². The van der Waals surface area contributed by atoms with Gasteiger partial charge in [-0.15, -0.1) is 0 Å². The number of anilines is 1. The number of rotatable bonds is 8. The first kappa shape index (κ1) is 35.6. The molecule has 0 bridgehead atoms. The van der Waals surface area contributed by atoms with Gasteiger partial charge in [0.2, 0.25) is 5.91 Å². The third-order valence-corrected chi connectivity index (χ3v) is 12.4. The van der Waals surface area contributed by atoms with Crippen LogP contribution in [0, 0.1) is 23.2 Å². The minimum atomic E-state index is -4.50. The van der Waals surface area contributed by atoms with E-state index in [1.165, 1.54) is 25.0 Å². The topological polar surface area (TPSA) is 73.3 Å². The number of halogens is 3. The molecule has 1 saturated carbocycles. The number of benzene rings is 2. The Labute approximate surface area is 288 Å². The Bertz CT molecular complexity index is 1480. The standard InChI is InChI=1S/C39H52F3N3O4/c1-5-26-21-44(22-33(26)32-15-10-29(39(40,41)42)20-35(32)43-18-16-28(17-19-43)36(46)47)37(48)38(3)24-45(30-11-6-25(2)7-12-30)23-34(38)27-8-13-31(49-4)14-9-27/h8-10,13-15,20,25-26,28,30,33-34H,5-7,11-12,16-19,21-24H2,1-4H3,(H,46,47)/t25?,26-,30?,33-,34-,38+/m0/s1. The Morgan fingerprint density at radius 3 is 2.22 bits per heavy atom. The molecule has 2 aromatic carbocycles. The van der Waals surface area contributed by atoms with Crippen molar-refractivity contribution in [3.8, 4) is 5.75 Å². The fourth-order valence-corrected chi connectivity index (χ4v) is 9.28. The van der Waals surface area contributed by atoms with Gasteiger partial charge in [0.1, 0.15) is 5.75 Å². The number of carboxylic acids is 1. The maximum absolute atomic E-state index is 14.9. The smallest absolute Gasteiger partial charge is 0.416 e. The van der Waals surface area contributed by atoms with Crippen molar-refractivity contribution in [3.63, 3.8) is 0 Å². The van der Waals surface area contributed by atoms with Crippen molar-refractivity contribution in [1.29, 1.82) is 0 Å². The van der Waals surface area contributed by atoms with Crippen LogP contribution in [0.2, 0.25) is 0 Å². The minimum Gasteiger partial charge on any atom is -0.497 e. The number of alkyl halides is 3. The Balaban J connectivity index is 1.29. The lowest BCUT2D eigenvalue weighted by Crippen LogP contribution is -2.46. The maximum Gasteiger partial charge on any atom is 0.416 e. The number of hydrogen-bond acceptors (Lipinski definition) is 5. The van der Waals surface area contributed by atoms with E-state index in [1.54, 1.807) is 13.2 Å². The van der Waals surface area contributed by atoms with Crippen molar-refractivity contribution >= 4 is 17.6 Å². The van der Waals surface area contributed by atoms with Gasteiger partial charge in [0, 0.05) is 62.8 Å². The quantitative estimate of drug-likeness (QED) is 0.308. The SMILES string of the molecule is CC[C@H]1CN(C(=O)[C@]2(C)CN(C3CCC(C)CC3)C[C@H]2c2ccc(OC)cc2)C[C@@H]1c1ccc(C(F)(F)F)cc1N1CCC(C(=O)O)CC1. The number of likely N-dealkylation sites (tertiary alicyclic amines) is 2. The molecule has 2 aromatic rings. The number of ether oxygens (including phenoxy) is 1. The van der Waals surface area contributed by atoms with E-state index in [-0.39, 0.29) is 23.7 Å². The second kappa shape index (κ2) is 14.2. The van der Waals surface area contributed by atoms with Crippen LogP contribution in [-0.2, 0) is 15.8 Å². The van der Waals surface area contributed by atoms with Crippen LogP contribution in [0.15, 0.2) is 42.5 Å². The van der Waals surface area contributed by atoms with E-state index in [0.717, 1.165) is 48.6 Å². The highest BCUT2D eigenvalue weighted by atomic mass is 19.4. The summed E-state index contributed by atoms with van der Waals surface area (Å²) < 4.78 is 47.4. The third kappa shape index (κ3) is 7.17. The highest BCUT2D eigenvalue weighted by Crippen LogP contribution is 2.49. The molecule has 4 aliphatic rings. The monoisotopic (exact) mass is 683 g/mol. The lowest BCUT2D eigenvalue weighted by atomic mass is 9.75. The molecule has 1 N–H and O–H groups in total. The van der Waals surface area contributed by atoms with Crippen LogP contribution in [0.1, 0.15) is 94.2 Å². The van der Waals surface area contributed by atoms with Crippen LogP contribution < -0.4 is 9.64 Å². The fraction of sp³-hybridized carbons (Fsp3) is 0.641. The summed E-state index contributed by atoms with van der Waals surface area (Å²) in [6.07, 6.45) is 1.77. The summed E-state index contributed by atoms with van der Waals surface area (Å²) in [6.45, 7) is 9.82. The number of carbonyl (C=O) groups is 2. The zero-order valence-corrected chi connectivity index (χ0v) is 29.3. The largest absolute Gasteiger partial charge is 0.497 e. The molecule has 3 saturated heterocycles. The summed E-state index contributed by atoms with van der Waals surface area (Å²) in [5, 5.41) is 9.53. The molecule has 6 rings (SSSR count). The van der Waals surface area contributed by atoms with E-state index in [9.17, 15) is 27.9 Å². The minimum absolute atomic E-state index is 0.00143. The number of carboxylic acid groups (broad SMARTS) is 1. The molecule has 0 unspecified atom stereocenters. The molecule has 0 radical (unpaired) electrons. The van der Waals surface area contributed by atoms with Gasteiger partial charge in [-0.3, -0.25) is 14.5 Å². The molecule has 3 heterocycles. The van der Waals surface area contributed by atoms with E-state index >= 15 is 0 Å². The van der Waals surface area contributed by atoms with Crippen LogP contribution in [0.5, 0.6) is 5.75 Å². The first-order valence-electron chi connectivity index (χ1n) is 18.2. The van der Waals surface area contributed by atoms with Gasteiger partial charge in [-0.25, -0.2) is 0 Å². The van der Waals surface area contributed by atoms with Crippen molar-refractivity contribution in [1.82, 2.24) is 9.80 Å². The first-order valence-corrected chi connectivity index (χ1v) is 18.2. The molecule has 1 amide bonds. The van der Waals surface area contributed by atoms with Gasteiger partial charge in [-0.05, 0) is 92.7 Å². The van der Waals surface area contributed by atoms with Gasteiger partial charge in [0.05, 0.1) is 24.0 Å². The molecule has 0 aromatic heterocycles. The zero-order chi connectivity index (χ0) is 35.1. The predicted molar refractivity (Wildman–Crippen MR) is 184 cm³/mol. The summed E-state index contributed by atoms with van der Waals surface area (Å²) in [4.78, 5) is 33.0. The Morgan fingerprint density at radius 1 is 0.959 bits per heavy atom. The van der Waals surface area contributed by atoms with Crippen LogP contribution in [0.3, 0.4) is 0 Å². The van der Waals surface area contributed by atoms with Crippen molar-refractivity contribution < 1.29 is 32.6 Å². The number of carbonyl (C=O) groups excluding carboxylic acids is 1. The average molecular weight is 684 g/mol. The summed E-state index contributed by atoms with van der Waals surface area (Å²) in [5.74, 6) is 0.259. The second-order valence-electron chi connectivity index (χ2n) is 15.4. The van der Waals surface area contributed by atoms with Crippen molar-refractivity contribution in [3.05, 3.63) is 59.2 Å². The number of nitrogens with zero attached hydrogens (tertiary/aromatic N) is 3. The normalized spacial score (nSPS) is 30.1. The van der Waals surface area contributed by atoms with E-state index in [1.807, 2.05) is 21.9 Å². The van der Waals surface area contributed by atoms with E-state index in [2.05, 4.69) is 37.8 Å². The van der Waals surface area contributed by atoms with Crippen LogP contribution in [0.4, 0.5) is 18.9 Å². The van der Waals surface area contributed by atoms with Gasteiger partial charge in [0.25, 0.3) is 0 Å². The molecule has 4 fully saturated rings. The summed E-state index contributed by atoms with van der Waals surface area (Å²) in [6, 6.07) is 12.6. The zero-order valence-electron chi connectivity index (χ0n) is 29.3. The number of piperidine rings is 1. The summed E-state index contributed by atoms with van der Waals surface area (Å²) in [5.41, 5.74) is 1.11. The molecular weight excluding hydrogens is 631 g/mol. The van der Waals surface area contributed by atoms with Gasteiger partial charge >= 0.3 is 12.1 Å². The average Bonchev–Trinajstić information content (AvgIpc) is 3.69. The van der Waals surface area contributed by atoms with Crippen molar-refractivity contribution in [2.75, 3.05) is 51.3 Å². The molecule has 10 heteroatoms. The van der Waals surface area contributed by atoms with Crippen LogP contribution in [-0.4, -0.2) is 79.2 Å². The Kier molecular flexibility index (Phi) is 10.3. The molecule has 49 heavy (non-hydrogen) atoms. The predicted octanol–water partition coefficient (Wildman–Crippen LogP) is 7.65. The summed E-state index contributed by atoms with van der Waals surface area (Å²) >= 11 is 0. The van der Waals surface area contributed by atoms with Gasteiger partial charge in [-0.2, -0.15) is 13.2 Å². The van der Waals surface area contributed by atoms with E-state index < -0.39 is 29.0 Å². The number of amides is 1. The van der Waals surface area contributed by atoms with Crippen molar-refractivity contribution in [2.24, 2.45) is 23.2 Å². The molecular formula is C39H52F3N3O4. The highest BCUT2D eigenvalue weighted by molar-refractivity contribution is 5.85. The third-order valence-electron chi connectivity index (χ3n) is 12.4. The number of methoxy groups -OCH3 is 1. The highest BCUT2D eigenvalue weighted by Gasteiger charge is 2.53.